The van der Waals surface area contributed by atoms with Crippen LogP contribution in [0.3, 0.4) is 0 Å². The highest BCUT2D eigenvalue weighted by Crippen LogP contribution is 2.21. The van der Waals surface area contributed by atoms with E-state index in [-0.39, 0.29) is 41.2 Å². The number of phenolic OH excluding ortho intramolecular Hbond substituents is 1. The Morgan fingerprint density at radius 2 is 1.92 bits per heavy atom. The minimum atomic E-state index is -3.00. The molecule has 1 fully saturated rings. The molecule has 1 atom stereocenters. The van der Waals surface area contributed by atoms with Gasteiger partial charge in [-0.25, -0.2) is 8.42 Å². The summed E-state index contributed by atoms with van der Waals surface area (Å²) in [6, 6.07) is 6.34. The molecule has 10 heteroatoms. The van der Waals surface area contributed by atoms with Crippen LogP contribution >= 0.6 is 0 Å². The normalized spacial score (nSPS) is 18.7. The van der Waals surface area contributed by atoms with Crippen molar-refractivity contribution in [3.8, 4) is 11.8 Å². The number of hydrogen-bond acceptors (Lipinski definition) is 9. The third-order valence-electron chi connectivity index (χ3n) is 3.58. The van der Waals surface area contributed by atoms with E-state index in [0.717, 1.165) is 0 Å². The molecule has 1 unspecified atom stereocenters. The van der Waals surface area contributed by atoms with Gasteiger partial charge in [-0.3, -0.25) is 0 Å². The van der Waals surface area contributed by atoms with E-state index < -0.39 is 9.84 Å². The molecule has 0 amide bonds. The molecule has 134 valence electrons. The van der Waals surface area contributed by atoms with Crippen molar-refractivity contribution >= 4 is 27.4 Å². The van der Waals surface area contributed by atoms with Gasteiger partial charge in [-0.05, 0) is 37.6 Å². The van der Waals surface area contributed by atoms with Crippen LogP contribution in [0.4, 0.5) is 17.6 Å². The largest absolute Gasteiger partial charge is 0.508 e. The van der Waals surface area contributed by atoms with E-state index in [1.54, 1.807) is 12.1 Å². The van der Waals surface area contributed by atoms with Crippen LogP contribution in [0.5, 0.6) is 11.8 Å². The Hall–Kier alpha value is -2.62. The molecule has 0 bridgehead atoms. The molecule has 1 saturated heterocycles. The maximum Gasteiger partial charge on any atom is 0.323 e. The van der Waals surface area contributed by atoms with Gasteiger partial charge < -0.3 is 20.5 Å². The molecule has 0 spiro atoms. The smallest absolute Gasteiger partial charge is 0.323 e. The fraction of sp³-hybridized carbons (Fsp3) is 0.400. The highest BCUT2D eigenvalue weighted by atomic mass is 32.2. The van der Waals surface area contributed by atoms with Gasteiger partial charge in [-0.1, -0.05) is 0 Å². The second-order valence-corrected chi connectivity index (χ2v) is 7.84. The lowest BCUT2D eigenvalue weighted by Gasteiger charge is -2.13. The lowest BCUT2D eigenvalue weighted by atomic mass is 10.3. The number of aromatic hydroxyl groups is 1. The predicted octanol–water partition coefficient (Wildman–Crippen LogP) is 1.32. The van der Waals surface area contributed by atoms with E-state index in [1.165, 1.54) is 12.1 Å². The Kier molecular flexibility index (Phi) is 4.88. The number of nitrogens with one attached hydrogen (secondary N) is 2. The topological polar surface area (TPSA) is 126 Å². The Labute approximate surface area is 145 Å². The highest BCUT2D eigenvalue weighted by Gasteiger charge is 2.28. The van der Waals surface area contributed by atoms with E-state index in [1.807, 2.05) is 6.92 Å². The van der Waals surface area contributed by atoms with Gasteiger partial charge >= 0.3 is 6.01 Å². The van der Waals surface area contributed by atoms with Crippen LogP contribution in [0.2, 0.25) is 0 Å². The Morgan fingerprint density at radius 3 is 2.56 bits per heavy atom. The molecule has 2 heterocycles. The molecule has 9 nitrogen and oxygen atoms in total. The molecule has 2 aromatic rings. The van der Waals surface area contributed by atoms with Gasteiger partial charge in [-0.15, -0.1) is 0 Å². The summed E-state index contributed by atoms with van der Waals surface area (Å²) in [6.07, 6.45) is 0.513. The van der Waals surface area contributed by atoms with Gasteiger partial charge in [0.1, 0.15) is 5.75 Å². The summed E-state index contributed by atoms with van der Waals surface area (Å²) in [4.78, 5) is 12.6. The molecule has 1 aliphatic rings. The number of sulfone groups is 1. The Bertz CT molecular complexity index is 842. The molecule has 3 rings (SSSR count). The summed E-state index contributed by atoms with van der Waals surface area (Å²) >= 11 is 0. The Balaban J connectivity index is 1.80. The SMILES string of the molecule is CCOc1nc(Nc2ccc(O)cc2)nc(NC2CCS(=O)(=O)C2)n1. The first kappa shape index (κ1) is 17.2. The first-order valence-corrected chi connectivity index (χ1v) is 9.67. The molecule has 0 radical (unpaired) electrons. The van der Waals surface area contributed by atoms with E-state index in [4.69, 9.17) is 4.74 Å². The standard InChI is InChI=1S/C15H19N5O4S/c1-2-24-15-19-13(16-10-3-5-12(21)6-4-10)18-14(20-15)17-11-7-8-25(22,23)9-11/h3-6,11,21H,2,7-9H2,1H3,(H2,16,17,18,19,20). The van der Waals surface area contributed by atoms with Crippen molar-refractivity contribution in [2.24, 2.45) is 0 Å². The van der Waals surface area contributed by atoms with Crippen molar-refractivity contribution in [2.45, 2.75) is 19.4 Å². The first-order chi connectivity index (χ1) is 11.9. The molecule has 3 N–H and O–H groups in total. The number of nitrogens with zero attached hydrogens (tertiary/aromatic N) is 3. The van der Waals surface area contributed by atoms with E-state index >= 15 is 0 Å². The van der Waals surface area contributed by atoms with Crippen molar-refractivity contribution in [1.82, 2.24) is 15.0 Å². The molecular weight excluding hydrogens is 346 g/mol. The van der Waals surface area contributed by atoms with E-state index in [2.05, 4.69) is 25.6 Å². The molecule has 25 heavy (non-hydrogen) atoms. The van der Waals surface area contributed by atoms with Crippen LogP contribution < -0.4 is 15.4 Å². The molecule has 0 aliphatic carbocycles. The molecule has 1 aromatic carbocycles. The Morgan fingerprint density at radius 1 is 1.20 bits per heavy atom. The number of aromatic nitrogens is 3. The quantitative estimate of drug-likeness (QED) is 0.649. The summed E-state index contributed by atoms with van der Waals surface area (Å²) in [6.45, 7) is 2.20. The van der Waals surface area contributed by atoms with Crippen LogP contribution in [0.15, 0.2) is 24.3 Å². The second kappa shape index (κ2) is 7.09. The monoisotopic (exact) mass is 365 g/mol. The highest BCUT2D eigenvalue weighted by molar-refractivity contribution is 7.91. The fourth-order valence-corrected chi connectivity index (χ4v) is 4.11. The maximum atomic E-state index is 11.6. The number of hydrogen-bond donors (Lipinski definition) is 3. The van der Waals surface area contributed by atoms with Crippen LogP contribution in [0.25, 0.3) is 0 Å². The van der Waals surface area contributed by atoms with Gasteiger partial charge in [0.15, 0.2) is 9.84 Å². The number of anilines is 3. The number of phenols is 1. The third kappa shape index (κ3) is 4.69. The minimum Gasteiger partial charge on any atom is -0.508 e. The molecule has 1 aliphatic heterocycles. The van der Waals surface area contributed by atoms with Crippen molar-refractivity contribution in [3.63, 3.8) is 0 Å². The average molecular weight is 365 g/mol. The zero-order chi connectivity index (χ0) is 17.9. The number of ether oxygens (including phenoxy) is 1. The van der Waals surface area contributed by atoms with Crippen molar-refractivity contribution in [2.75, 3.05) is 28.7 Å². The van der Waals surface area contributed by atoms with Crippen molar-refractivity contribution in [1.29, 1.82) is 0 Å². The van der Waals surface area contributed by atoms with Crippen LogP contribution in [0.1, 0.15) is 13.3 Å². The summed E-state index contributed by atoms with van der Waals surface area (Å²) in [5.74, 6) is 0.881. The number of benzene rings is 1. The third-order valence-corrected chi connectivity index (χ3v) is 5.35. The lowest BCUT2D eigenvalue weighted by Crippen LogP contribution is -2.22. The van der Waals surface area contributed by atoms with Gasteiger partial charge in [0, 0.05) is 11.7 Å². The minimum absolute atomic E-state index is 0.0589. The zero-order valence-corrected chi connectivity index (χ0v) is 14.5. The van der Waals surface area contributed by atoms with Gasteiger partial charge in [0.25, 0.3) is 0 Å². The molecular formula is C15H19N5O4S. The molecule has 1 aromatic heterocycles. The van der Waals surface area contributed by atoms with Gasteiger partial charge in [0.05, 0.1) is 18.1 Å². The summed E-state index contributed by atoms with van der Waals surface area (Å²) < 4.78 is 28.5. The summed E-state index contributed by atoms with van der Waals surface area (Å²) in [5, 5.41) is 15.4. The van der Waals surface area contributed by atoms with Gasteiger partial charge in [0.2, 0.25) is 11.9 Å². The first-order valence-electron chi connectivity index (χ1n) is 7.85. The van der Waals surface area contributed by atoms with E-state index in [9.17, 15) is 13.5 Å². The fourth-order valence-electron chi connectivity index (χ4n) is 2.44. The van der Waals surface area contributed by atoms with Gasteiger partial charge in [-0.2, -0.15) is 15.0 Å². The lowest BCUT2D eigenvalue weighted by molar-refractivity contribution is 0.312. The van der Waals surface area contributed by atoms with Crippen molar-refractivity contribution < 1.29 is 18.3 Å². The molecule has 0 saturated carbocycles. The summed E-state index contributed by atoms with van der Waals surface area (Å²) in [7, 11) is -3.00. The van der Waals surface area contributed by atoms with Crippen molar-refractivity contribution in [3.05, 3.63) is 24.3 Å². The van der Waals surface area contributed by atoms with Crippen LogP contribution in [-0.4, -0.2) is 52.6 Å². The number of rotatable bonds is 6. The summed E-state index contributed by atoms with van der Waals surface area (Å²) in [5.41, 5.74) is 0.681. The second-order valence-electron chi connectivity index (χ2n) is 5.61. The van der Waals surface area contributed by atoms with Crippen LogP contribution in [-0.2, 0) is 9.84 Å². The van der Waals surface area contributed by atoms with Crippen LogP contribution in [0, 0.1) is 0 Å². The average Bonchev–Trinajstić information content (AvgIpc) is 2.88. The zero-order valence-electron chi connectivity index (χ0n) is 13.6. The predicted molar refractivity (Wildman–Crippen MR) is 93.1 cm³/mol. The maximum absolute atomic E-state index is 11.6. The van der Waals surface area contributed by atoms with E-state index in [0.29, 0.717) is 18.7 Å².